The van der Waals surface area contributed by atoms with Crippen LogP contribution in [0.15, 0.2) is 77.3 Å². The van der Waals surface area contributed by atoms with Gasteiger partial charge in [-0.2, -0.15) is 9.40 Å². The molecule has 9 heteroatoms. The van der Waals surface area contributed by atoms with Gasteiger partial charge in [-0.3, -0.25) is 0 Å². The minimum Gasteiger partial charge on any atom is -0.243 e. The number of aromatic nitrogens is 3. The van der Waals surface area contributed by atoms with Crippen LogP contribution in [0, 0.1) is 0 Å². The molecule has 3 heterocycles. The van der Waals surface area contributed by atoms with Crippen molar-refractivity contribution >= 4 is 33.0 Å². The molecule has 0 amide bonds. The van der Waals surface area contributed by atoms with Crippen LogP contribution >= 0.6 is 22.9 Å². The maximum Gasteiger partial charge on any atom is 0.244 e. The first-order valence-corrected chi connectivity index (χ1v) is 11.4. The molecule has 0 aliphatic rings. The Kier molecular flexibility index (Phi) is 5.51. The summed E-state index contributed by atoms with van der Waals surface area (Å²) in [5, 5.41) is 6.94. The standard InChI is InChI=1S/C20H17ClN4O2S2/c1-24(29(26,27)17-9-10-19(21)22-12-17)13-15-14-25(16-6-3-2-4-7-16)23-20(15)18-8-5-11-28-18/h2-12,14H,13H2,1H3. The van der Waals surface area contributed by atoms with E-state index < -0.39 is 10.0 Å². The lowest BCUT2D eigenvalue weighted by Gasteiger charge is -2.16. The topological polar surface area (TPSA) is 68.1 Å². The SMILES string of the molecule is CN(Cc1cn(-c2ccccc2)nc1-c1cccs1)S(=O)(=O)c1ccc(Cl)nc1. The average Bonchev–Trinajstić information content (AvgIpc) is 3.39. The monoisotopic (exact) mass is 444 g/mol. The fraction of sp³-hybridized carbons (Fsp3) is 0.100. The van der Waals surface area contributed by atoms with Crippen LogP contribution in [0.3, 0.4) is 0 Å². The Bertz CT molecular complexity index is 1210. The van der Waals surface area contributed by atoms with Crippen molar-refractivity contribution in [1.29, 1.82) is 0 Å². The number of rotatable bonds is 6. The number of para-hydroxylation sites is 1. The van der Waals surface area contributed by atoms with Crippen molar-refractivity contribution in [3.05, 3.63) is 83.1 Å². The predicted octanol–water partition coefficient (Wildman–Crippen LogP) is 4.47. The second-order valence-electron chi connectivity index (χ2n) is 6.34. The van der Waals surface area contributed by atoms with Crippen LogP contribution in [0.25, 0.3) is 16.3 Å². The summed E-state index contributed by atoms with van der Waals surface area (Å²) in [6, 6.07) is 16.6. The molecule has 3 aromatic heterocycles. The molecule has 29 heavy (non-hydrogen) atoms. The van der Waals surface area contributed by atoms with Crippen LogP contribution in [-0.2, 0) is 16.6 Å². The van der Waals surface area contributed by atoms with Gasteiger partial charge in [0.25, 0.3) is 0 Å². The zero-order valence-corrected chi connectivity index (χ0v) is 17.8. The van der Waals surface area contributed by atoms with E-state index in [0.29, 0.717) is 0 Å². The van der Waals surface area contributed by atoms with E-state index in [9.17, 15) is 8.42 Å². The number of pyridine rings is 1. The quantitative estimate of drug-likeness (QED) is 0.411. The number of sulfonamides is 1. The summed E-state index contributed by atoms with van der Waals surface area (Å²) in [7, 11) is -2.17. The molecule has 0 radical (unpaired) electrons. The zero-order chi connectivity index (χ0) is 20.4. The van der Waals surface area contributed by atoms with Crippen LogP contribution in [-0.4, -0.2) is 34.5 Å². The molecule has 0 spiro atoms. The summed E-state index contributed by atoms with van der Waals surface area (Å²) in [4.78, 5) is 4.96. The third-order valence-electron chi connectivity index (χ3n) is 4.37. The summed E-state index contributed by atoms with van der Waals surface area (Å²) in [6.45, 7) is 0.172. The Morgan fingerprint density at radius 1 is 1.10 bits per heavy atom. The van der Waals surface area contributed by atoms with Crippen molar-refractivity contribution in [2.24, 2.45) is 0 Å². The molecule has 4 aromatic rings. The van der Waals surface area contributed by atoms with E-state index in [2.05, 4.69) is 4.98 Å². The number of halogens is 1. The third kappa shape index (κ3) is 4.11. The van der Waals surface area contributed by atoms with E-state index in [0.717, 1.165) is 21.8 Å². The predicted molar refractivity (Wildman–Crippen MR) is 115 cm³/mol. The van der Waals surface area contributed by atoms with E-state index in [-0.39, 0.29) is 16.6 Å². The molecule has 0 atom stereocenters. The van der Waals surface area contributed by atoms with Gasteiger partial charge in [0, 0.05) is 31.5 Å². The Morgan fingerprint density at radius 3 is 2.55 bits per heavy atom. The van der Waals surface area contributed by atoms with Crippen molar-refractivity contribution in [1.82, 2.24) is 19.1 Å². The molecule has 0 N–H and O–H groups in total. The number of hydrogen-bond acceptors (Lipinski definition) is 5. The summed E-state index contributed by atoms with van der Waals surface area (Å²) in [6.07, 6.45) is 3.14. The van der Waals surface area contributed by atoms with Gasteiger partial charge in [0.1, 0.15) is 15.7 Å². The fourth-order valence-corrected chi connectivity index (χ4v) is 4.83. The fourth-order valence-electron chi connectivity index (χ4n) is 2.88. The van der Waals surface area contributed by atoms with Crippen molar-refractivity contribution in [3.63, 3.8) is 0 Å². The number of thiophene rings is 1. The maximum absolute atomic E-state index is 12.9. The first-order chi connectivity index (χ1) is 13.9. The van der Waals surface area contributed by atoms with E-state index in [4.69, 9.17) is 16.7 Å². The molecule has 148 valence electrons. The summed E-state index contributed by atoms with van der Waals surface area (Å²) in [5.74, 6) is 0. The van der Waals surface area contributed by atoms with E-state index >= 15 is 0 Å². The van der Waals surface area contributed by atoms with Crippen LogP contribution in [0.4, 0.5) is 0 Å². The summed E-state index contributed by atoms with van der Waals surface area (Å²) in [5.41, 5.74) is 2.48. The van der Waals surface area contributed by atoms with Gasteiger partial charge in [-0.1, -0.05) is 35.9 Å². The van der Waals surface area contributed by atoms with Gasteiger partial charge >= 0.3 is 0 Å². The molecular weight excluding hydrogens is 428 g/mol. The molecule has 0 bridgehead atoms. The Hall–Kier alpha value is -2.52. The zero-order valence-electron chi connectivity index (χ0n) is 15.4. The van der Waals surface area contributed by atoms with Crippen molar-refractivity contribution in [2.45, 2.75) is 11.4 Å². The number of benzene rings is 1. The van der Waals surface area contributed by atoms with Gasteiger partial charge in [-0.15, -0.1) is 11.3 Å². The lowest BCUT2D eigenvalue weighted by molar-refractivity contribution is 0.467. The largest absolute Gasteiger partial charge is 0.244 e. The molecule has 0 aliphatic carbocycles. The Balaban J connectivity index is 1.70. The van der Waals surface area contributed by atoms with Gasteiger partial charge in [0.2, 0.25) is 10.0 Å². The molecule has 0 aliphatic heterocycles. The normalized spacial score (nSPS) is 11.8. The van der Waals surface area contributed by atoms with Gasteiger partial charge in [0.15, 0.2) is 0 Å². The second kappa shape index (κ2) is 8.08. The third-order valence-corrected chi connectivity index (χ3v) is 7.25. The smallest absolute Gasteiger partial charge is 0.243 e. The van der Waals surface area contributed by atoms with Gasteiger partial charge in [-0.25, -0.2) is 18.1 Å². The van der Waals surface area contributed by atoms with Crippen molar-refractivity contribution < 1.29 is 8.42 Å². The highest BCUT2D eigenvalue weighted by molar-refractivity contribution is 7.89. The Morgan fingerprint density at radius 2 is 1.90 bits per heavy atom. The number of nitrogens with zero attached hydrogens (tertiary/aromatic N) is 4. The lowest BCUT2D eigenvalue weighted by atomic mass is 10.2. The van der Waals surface area contributed by atoms with Gasteiger partial charge in [0.05, 0.1) is 10.6 Å². The molecule has 1 aromatic carbocycles. The van der Waals surface area contributed by atoms with Gasteiger partial charge in [-0.05, 0) is 35.7 Å². The summed E-state index contributed by atoms with van der Waals surface area (Å²) >= 11 is 7.34. The van der Waals surface area contributed by atoms with Crippen LogP contribution < -0.4 is 0 Å². The summed E-state index contributed by atoms with van der Waals surface area (Å²) < 4.78 is 28.9. The van der Waals surface area contributed by atoms with Crippen molar-refractivity contribution in [2.75, 3.05) is 7.05 Å². The maximum atomic E-state index is 12.9. The molecular formula is C20H17ClN4O2S2. The minimum absolute atomic E-state index is 0.0949. The molecule has 6 nitrogen and oxygen atoms in total. The second-order valence-corrected chi connectivity index (χ2v) is 9.72. The van der Waals surface area contributed by atoms with E-state index in [1.807, 2.05) is 54.0 Å². The average molecular weight is 445 g/mol. The Labute approximate surface area is 178 Å². The number of hydrogen-bond donors (Lipinski definition) is 0. The molecule has 4 rings (SSSR count). The van der Waals surface area contributed by atoms with E-state index in [1.165, 1.54) is 22.6 Å². The van der Waals surface area contributed by atoms with Crippen LogP contribution in [0.5, 0.6) is 0 Å². The minimum atomic E-state index is -3.72. The highest BCUT2D eigenvalue weighted by Gasteiger charge is 2.24. The molecule has 0 saturated heterocycles. The lowest BCUT2D eigenvalue weighted by Crippen LogP contribution is -2.26. The molecule has 0 fully saturated rings. The first-order valence-electron chi connectivity index (χ1n) is 8.71. The van der Waals surface area contributed by atoms with Crippen molar-refractivity contribution in [3.8, 4) is 16.3 Å². The van der Waals surface area contributed by atoms with E-state index in [1.54, 1.807) is 23.1 Å². The molecule has 0 unspecified atom stereocenters. The van der Waals surface area contributed by atoms with Crippen LogP contribution in [0.2, 0.25) is 5.15 Å². The van der Waals surface area contributed by atoms with Gasteiger partial charge < -0.3 is 0 Å². The highest BCUT2D eigenvalue weighted by atomic mass is 35.5. The highest BCUT2D eigenvalue weighted by Crippen LogP contribution is 2.29. The first kappa shape index (κ1) is 19.8. The molecule has 0 saturated carbocycles. The van der Waals surface area contributed by atoms with Crippen LogP contribution in [0.1, 0.15) is 5.56 Å².